The highest BCUT2D eigenvalue weighted by Crippen LogP contribution is 2.20. The van der Waals surface area contributed by atoms with Crippen LogP contribution in [0.25, 0.3) is 0 Å². The van der Waals surface area contributed by atoms with Crippen LogP contribution >= 0.6 is 15.9 Å². The number of rotatable bonds is 3. The lowest BCUT2D eigenvalue weighted by Gasteiger charge is -2.01. The zero-order valence-electron chi connectivity index (χ0n) is 9.15. The molecule has 1 aromatic carbocycles. The molecular weight excluding hydrogens is 287 g/mol. The molecule has 0 spiro atoms. The van der Waals surface area contributed by atoms with Gasteiger partial charge in [-0.05, 0) is 35.0 Å². The maximum atomic E-state index is 13.7. The maximum absolute atomic E-state index is 13.7. The number of benzene rings is 1. The second kappa shape index (κ2) is 4.79. The summed E-state index contributed by atoms with van der Waals surface area (Å²) >= 11 is 3.06. The van der Waals surface area contributed by atoms with Crippen molar-refractivity contribution in [2.45, 2.75) is 13.5 Å². The number of hydrogen-bond acceptors (Lipinski definition) is 2. The van der Waals surface area contributed by atoms with Gasteiger partial charge in [0, 0.05) is 12.7 Å². The Bertz CT molecular complexity index is 565. The molecule has 0 unspecified atom stereocenters. The molecule has 0 amide bonds. The van der Waals surface area contributed by atoms with E-state index in [4.69, 9.17) is 0 Å². The molecule has 0 atom stereocenters. The van der Waals surface area contributed by atoms with E-state index in [0.29, 0.717) is 12.1 Å². The second-order valence-corrected chi connectivity index (χ2v) is 4.37. The van der Waals surface area contributed by atoms with E-state index in [9.17, 15) is 9.18 Å². The van der Waals surface area contributed by atoms with Gasteiger partial charge in [-0.3, -0.25) is 9.48 Å². The molecule has 0 N–H and O–H groups in total. The minimum atomic E-state index is -0.540. The van der Waals surface area contributed by atoms with Gasteiger partial charge in [0.25, 0.3) is 0 Å². The first-order valence-corrected chi connectivity index (χ1v) is 5.94. The van der Waals surface area contributed by atoms with Crippen molar-refractivity contribution in [1.29, 1.82) is 0 Å². The van der Waals surface area contributed by atoms with Crippen LogP contribution < -0.4 is 0 Å². The van der Waals surface area contributed by atoms with E-state index < -0.39 is 5.82 Å². The van der Waals surface area contributed by atoms with Crippen molar-refractivity contribution in [3.63, 3.8) is 0 Å². The van der Waals surface area contributed by atoms with Gasteiger partial charge in [0.2, 0.25) is 0 Å². The maximum Gasteiger partial charge on any atom is 0.199 e. The summed E-state index contributed by atoms with van der Waals surface area (Å²) < 4.78 is 15.6. The van der Waals surface area contributed by atoms with Gasteiger partial charge in [0.15, 0.2) is 5.78 Å². The Kier molecular flexibility index (Phi) is 3.38. The Balaban J connectivity index is 2.40. The first-order chi connectivity index (χ1) is 8.13. The molecule has 5 heteroatoms. The van der Waals surface area contributed by atoms with Crippen LogP contribution in [0.15, 0.2) is 35.1 Å². The zero-order valence-corrected chi connectivity index (χ0v) is 10.7. The summed E-state index contributed by atoms with van der Waals surface area (Å²) in [6.45, 7) is 2.59. The van der Waals surface area contributed by atoms with Crippen LogP contribution in [0.3, 0.4) is 0 Å². The smallest absolute Gasteiger partial charge is 0.199 e. The Hall–Kier alpha value is -1.49. The number of ketones is 1. The van der Waals surface area contributed by atoms with Crippen LogP contribution in [0.5, 0.6) is 0 Å². The van der Waals surface area contributed by atoms with Crippen molar-refractivity contribution in [2.75, 3.05) is 0 Å². The first kappa shape index (κ1) is 12.0. The molecule has 0 fully saturated rings. The molecule has 17 heavy (non-hydrogen) atoms. The Morgan fingerprint density at radius 1 is 1.53 bits per heavy atom. The SMILES string of the molecule is CCn1cc(C(=O)c2cccc(Br)c2F)cn1. The zero-order chi connectivity index (χ0) is 12.4. The fraction of sp³-hybridized carbons (Fsp3) is 0.167. The summed E-state index contributed by atoms with van der Waals surface area (Å²) in [5.74, 6) is -0.898. The summed E-state index contributed by atoms with van der Waals surface area (Å²) in [4.78, 5) is 12.0. The molecule has 0 saturated carbocycles. The van der Waals surface area contributed by atoms with E-state index >= 15 is 0 Å². The predicted molar refractivity (Wildman–Crippen MR) is 65.4 cm³/mol. The molecule has 0 aliphatic rings. The van der Waals surface area contributed by atoms with E-state index in [1.807, 2.05) is 6.92 Å². The lowest BCUT2D eigenvalue weighted by molar-refractivity contribution is 0.103. The number of halogens is 2. The number of carbonyl (C=O) groups is 1. The summed E-state index contributed by atoms with van der Waals surface area (Å²) in [7, 11) is 0. The van der Waals surface area contributed by atoms with Crippen molar-refractivity contribution in [3.05, 3.63) is 52.0 Å². The normalized spacial score (nSPS) is 10.5. The van der Waals surface area contributed by atoms with Crippen molar-refractivity contribution in [1.82, 2.24) is 9.78 Å². The summed E-state index contributed by atoms with van der Waals surface area (Å²) in [5.41, 5.74) is 0.443. The summed E-state index contributed by atoms with van der Waals surface area (Å²) in [6, 6.07) is 4.65. The van der Waals surface area contributed by atoms with Gasteiger partial charge in [-0.2, -0.15) is 5.10 Å². The van der Waals surface area contributed by atoms with Crippen molar-refractivity contribution in [3.8, 4) is 0 Å². The van der Waals surface area contributed by atoms with E-state index in [1.165, 1.54) is 12.3 Å². The van der Waals surface area contributed by atoms with Crippen LogP contribution in [0, 0.1) is 5.82 Å². The van der Waals surface area contributed by atoms with Crippen LogP contribution in [0.2, 0.25) is 0 Å². The lowest BCUT2D eigenvalue weighted by atomic mass is 10.1. The molecule has 1 aromatic heterocycles. The van der Waals surface area contributed by atoms with E-state index in [0.717, 1.165) is 0 Å². The molecule has 0 aliphatic heterocycles. The van der Waals surface area contributed by atoms with Crippen molar-refractivity contribution < 1.29 is 9.18 Å². The third-order valence-corrected chi connectivity index (χ3v) is 3.03. The van der Waals surface area contributed by atoms with Gasteiger partial charge in [-0.25, -0.2) is 4.39 Å². The predicted octanol–water partition coefficient (Wildman–Crippen LogP) is 3.04. The second-order valence-electron chi connectivity index (χ2n) is 3.52. The average molecular weight is 297 g/mol. The van der Waals surface area contributed by atoms with E-state index in [2.05, 4.69) is 21.0 Å². The average Bonchev–Trinajstić information content (AvgIpc) is 2.80. The summed E-state index contributed by atoms with van der Waals surface area (Å²) in [5, 5.41) is 4.00. The van der Waals surface area contributed by atoms with Crippen LogP contribution in [-0.2, 0) is 6.54 Å². The fourth-order valence-electron chi connectivity index (χ4n) is 1.49. The lowest BCUT2D eigenvalue weighted by Crippen LogP contribution is -2.03. The highest BCUT2D eigenvalue weighted by molar-refractivity contribution is 9.10. The third kappa shape index (κ3) is 2.29. The molecule has 3 nitrogen and oxygen atoms in total. The number of carbonyl (C=O) groups excluding carboxylic acids is 1. The topological polar surface area (TPSA) is 34.9 Å². The van der Waals surface area contributed by atoms with Gasteiger partial charge in [0.05, 0.1) is 21.8 Å². The van der Waals surface area contributed by atoms with Gasteiger partial charge in [-0.1, -0.05) is 6.07 Å². The molecular formula is C12H10BrFN2O. The Morgan fingerprint density at radius 3 is 2.94 bits per heavy atom. The quantitative estimate of drug-likeness (QED) is 0.816. The monoisotopic (exact) mass is 296 g/mol. The molecule has 88 valence electrons. The fourth-order valence-corrected chi connectivity index (χ4v) is 1.85. The van der Waals surface area contributed by atoms with E-state index in [1.54, 1.807) is 23.0 Å². The number of hydrogen-bond donors (Lipinski definition) is 0. The molecule has 0 saturated heterocycles. The summed E-state index contributed by atoms with van der Waals surface area (Å²) in [6.07, 6.45) is 3.06. The minimum Gasteiger partial charge on any atom is -0.288 e. The van der Waals surface area contributed by atoms with Crippen LogP contribution in [0.4, 0.5) is 4.39 Å². The van der Waals surface area contributed by atoms with E-state index in [-0.39, 0.29) is 15.8 Å². The highest BCUT2D eigenvalue weighted by atomic mass is 79.9. The van der Waals surface area contributed by atoms with Crippen molar-refractivity contribution in [2.24, 2.45) is 0 Å². The van der Waals surface area contributed by atoms with Crippen molar-refractivity contribution >= 4 is 21.7 Å². The third-order valence-electron chi connectivity index (χ3n) is 2.42. The van der Waals surface area contributed by atoms with Gasteiger partial charge < -0.3 is 0 Å². The molecule has 0 aliphatic carbocycles. The first-order valence-electron chi connectivity index (χ1n) is 5.14. The molecule has 2 rings (SSSR count). The Labute approximate surface area is 106 Å². The standard InChI is InChI=1S/C12H10BrFN2O/c1-2-16-7-8(6-15-16)12(17)9-4-3-5-10(13)11(9)14/h3-7H,2H2,1H3. The van der Waals surface area contributed by atoms with Crippen LogP contribution in [0.1, 0.15) is 22.8 Å². The molecule has 0 radical (unpaired) electrons. The molecule has 2 aromatic rings. The van der Waals surface area contributed by atoms with Crippen LogP contribution in [-0.4, -0.2) is 15.6 Å². The molecule has 1 heterocycles. The Morgan fingerprint density at radius 2 is 2.29 bits per heavy atom. The molecule has 0 bridgehead atoms. The highest BCUT2D eigenvalue weighted by Gasteiger charge is 2.16. The largest absolute Gasteiger partial charge is 0.288 e. The van der Waals surface area contributed by atoms with Gasteiger partial charge >= 0.3 is 0 Å². The number of nitrogens with zero attached hydrogens (tertiary/aromatic N) is 2. The van der Waals surface area contributed by atoms with Gasteiger partial charge in [0.1, 0.15) is 5.82 Å². The minimum absolute atomic E-state index is 0.0510. The number of aryl methyl sites for hydroxylation is 1. The number of aromatic nitrogens is 2. The van der Waals surface area contributed by atoms with Gasteiger partial charge in [-0.15, -0.1) is 0 Å².